The van der Waals surface area contributed by atoms with Gasteiger partial charge in [-0.25, -0.2) is 0 Å². The van der Waals surface area contributed by atoms with Gasteiger partial charge in [0.2, 0.25) is 0 Å². The molecule has 0 aliphatic heterocycles. The van der Waals surface area contributed by atoms with Crippen molar-refractivity contribution in [1.29, 1.82) is 0 Å². The number of amides is 1. The standard InChI is InChI=1S/C25H28N2O/c1-4-18-14-19(18)15-26-25(28)22-11-12-23(21-10-6-8-17(3)24(21)22)27-20-9-5-7-16(2)13-20/h5-13,18-19,27H,4,14-15H2,1-3H3,(H,26,28). The minimum atomic E-state index is 0.0307. The topological polar surface area (TPSA) is 41.1 Å². The quantitative estimate of drug-likeness (QED) is 0.559. The average molecular weight is 373 g/mol. The molecule has 3 aromatic carbocycles. The lowest BCUT2D eigenvalue weighted by atomic mass is 9.97. The van der Waals surface area contributed by atoms with Crippen LogP contribution in [-0.4, -0.2) is 12.5 Å². The van der Waals surface area contributed by atoms with Gasteiger partial charge in [0, 0.05) is 28.9 Å². The second kappa shape index (κ2) is 7.67. The third-order valence-electron chi connectivity index (χ3n) is 5.91. The van der Waals surface area contributed by atoms with Gasteiger partial charge in [-0.05, 0) is 72.9 Å². The van der Waals surface area contributed by atoms with Crippen molar-refractivity contribution in [3.05, 3.63) is 71.3 Å². The summed E-state index contributed by atoms with van der Waals surface area (Å²) >= 11 is 0. The summed E-state index contributed by atoms with van der Waals surface area (Å²) in [5.41, 5.74) is 5.17. The van der Waals surface area contributed by atoms with E-state index >= 15 is 0 Å². The monoisotopic (exact) mass is 372 g/mol. The number of nitrogens with one attached hydrogen (secondary N) is 2. The fourth-order valence-corrected chi connectivity index (χ4v) is 4.15. The first-order valence-electron chi connectivity index (χ1n) is 10.2. The van der Waals surface area contributed by atoms with Crippen LogP contribution in [0.3, 0.4) is 0 Å². The number of benzene rings is 3. The summed E-state index contributed by atoms with van der Waals surface area (Å²) in [5, 5.41) is 8.79. The van der Waals surface area contributed by atoms with Crippen LogP contribution in [0, 0.1) is 25.7 Å². The molecule has 28 heavy (non-hydrogen) atoms. The van der Waals surface area contributed by atoms with Gasteiger partial charge in [-0.15, -0.1) is 0 Å². The van der Waals surface area contributed by atoms with E-state index in [-0.39, 0.29) is 5.91 Å². The van der Waals surface area contributed by atoms with E-state index < -0.39 is 0 Å². The van der Waals surface area contributed by atoms with Crippen LogP contribution in [-0.2, 0) is 0 Å². The number of anilines is 2. The van der Waals surface area contributed by atoms with Crippen LogP contribution in [0.1, 0.15) is 41.3 Å². The highest BCUT2D eigenvalue weighted by Crippen LogP contribution is 2.40. The lowest BCUT2D eigenvalue weighted by molar-refractivity contribution is 0.0953. The Morgan fingerprint density at radius 3 is 2.61 bits per heavy atom. The highest BCUT2D eigenvalue weighted by molar-refractivity contribution is 6.11. The van der Waals surface area contributed by atoms with E-state index in [1.807, 2.05) is 18.2 Å². The molecule has 0 aromatic heterocycles. The van der Waals surface area contributed by atoms with Gasteiger partial charge in [0.05, 0.1) is 0 Å². The van der Waals surface area contributed by atoms with E-state index in [9.17, 15) is 4.79 Å². The van der Waals surface area contributed by atoms with E-state index in [1.165, 1.54) is 18.4 Å². The molecular weight excluding hydrogens is 344 g/mol. The number of hydrogen-bond acceptors (Lipinski definition) is 2. The van der Waals surface area contributed by atoms with E-state index in [0.29, 0.717) is 5.92 Å². The Hall–Kier alpha value is -2.81. The van der Waals surface area contributed by atoms with Crippen LogP contribution in [0.4, 0.5) is 11.4 Å². The summed E-state index contributed by atoms with van der Waals surface area (Å²) in [6, 6.07) is 18.5. The van der Waals surface area contributed by atoms with Crippen LogP contribution in [0.25, 0.3) is 10.8 Å². The van der Waals surface area contributed by atoms with Crippen molar-refractivity contribution >= 4 is 28.1 Å². The van der Waals surface area contributed by atoms with Gasteiger partial charge >= 0.3 is 0 Å². The maximum atomic E-state index is 12.9. The Morgan fingerprint density at radius 2 is 1.86 bits per heavy atom. The van der Waals surface area contributed by atoms with Crippen molar-refractivity contribution in [2.75, 3.05) is 11.9 Å². The van der Waals surface area contributed by atoms with E-state index in [4.69, 9.17) is 0 Å². The molecule has 1 amide bonds. The Balaban J connectivity index is 1.64. The predicted molar refractivity (Wildman–Crippen MR) is 117 cm³/mol. The van der Waals surface area contributed by atoms with Gasteiger partial charge in [-0.1, -0.05) is 43.7 Å². The second-order valence-electron chi connectivity index (χ2n) is 8.03. The number of aryl methyl sites for hydroxylation is 2. The Kier molecular flexibility index (Phi) is 5.08. The molecule has 1 fully saturated rings. The molecule has 144 valence electrons. The Bertz CT molecular complexity index is 1020. The third kappa shape index (κ3) is 3.75. The molecule has 3 aromatic rings. The SMILES string of the molecule is CCC1CC1CNC(=O)c1ccc(Nc2cccc(C)c2)c2cccc(C)c12. The third-order valence-corrected chi connectivity index (χ3v) is 5.91. The summed E-state index contributed by atoms with van der Waals surface area (Å²) in [6.45, 7) is 7.17. The number of hydrogen-bond donors (Lipinski definition) is 2. The average Bonchev–Trinajstić information content (AvgIpc) is 3.45. The van der Waals surface area contributed by atoms with Crippen molar-refractivity contribution < 1.29 is 4.79 Å². The molecule has 3 nitrogen and oxygen atoms in total. The van der Waals surface area contributed by atoms with Crippen molar-refractivity contribution in [2.24, 2.45) is 11.8 Å². The molecule has 1 saturated carbocycles. The second-order valence-corrected chi connectivity index (χ2v) is 8.03. The number of rotatable bonds is 6. The lowest BCUT2D eigenvalue weighted by Gasteiger charge is -2.15. The van der Waals surface area contributed by atoms with Gasteiger partial charge in [-0.2, -0.15) is 0 Å². The zero-order valence-electron chi connectivity index (χ0n) is 16.9. The smallest absolute Gasteiger partial charge is 0.251 e. The van der Waals surface area contributed by atoms with Gasteiger partial charge in [0.15, 0.2) is 0 Å². The van der Waals surface area contributed by atoms with E-state index in [0.717, 1.165) is 45.7 Å². The first-order valence-corrected chi connectivity index (χ1v) is 10.2. The van der Waals surface area contributed by atoms with Crippen LogP contribution in [0.15, 0.2) is 54.6 Å². The maximum Gasteiger partial charge on any atom is 0.251 e. The van der Waals surface area contributed by atoms with E-state index in [1.54, 1.807) is 0 Å². The molecule has 3 heteroatoms. The fraction of sp³-hybridized carbons (Fsp3) is 0.320. The van der Waals surface area contributed by atoms with E-state index in [2.05, 4.69) is 67.8 Å². The van der Waals surface area contributed by atoms with Gasteiger partial charge in [0.25, 0.3) is 5.91 Å². The van der Waals surface area contributed by atoms with Crippen LogP contribution < -0.4 is 10.6 Å². The molecule has 2 N–H and O–H groups in total. The normalized spacial score (nSPS) is 18.1. The molecule has 1 aliphatic carbocycles. The summed E-state index contributed by atoms with van der Waals surface area (Å²) in [4.78, 5) is 12.9. The molecule has 0 saturated heterocycles. The van der Waals surface area contributed by atoms with Gasteiger partial charge in [-0.3, -0.25) is 4.79 Å². The molecule has 1 aliphatic rings. The largest absolute Gasteiger partial charge is 0.355 e. The number of carbonyl (C=O) groups excluding carboxylic acids is 1. The van der Waals surface area contributed by atoms with Gasteiger partial charge in [0.1, 0.15) is 0 Å². The van der Waals surface area contributed by atoms with Crippen molar-refractivity contribution in [3.63, 3.8) is 0 Å². The molecule has 0 bridgehead atoms. The first kappa shape index (κ1) is 18.5. The molecule has 0 heterocycles. The molecule has 2 atom stereocenters. The van der Waals surface area contributed by atoms with Crippen LogP contribution >= 0.6 is 0 Å². The minimum Gasteiger partial charge on any atom is -0.355 e. The first-order chi connectivity index (χ1) is 13.6. The summed E-state index contributed by atoms with van der Waals surface area (Å²) in [7, 11) is 0. The zero-order valence-corrected chi connectivity index (χ0v) is 16.9. The van der Waals surface area contributed by atoms with Crippen molar-refractivity contribution in [2.45, 2.75) is 33.6 Å². The predicted octanol–water partition coefficient (Wildman–Crippen LogP) is 5.98. The summed E-state index contributed by atoms with van der Waals surface area (Å²) < 4.78 is 0. The van der Waals surface area contributed by atoms with Crippen LogP contribution in [0.5, 0.6) is 0 Å². The number of carbonyl (C=O) groups is 1. The van der Waals surface area contributed by atoms with Crippen LogP contribution in [0.2, 0.25) is 0 Å². The lowest BCUT2D eigenvalue weighted by Crippen LogP contribution is -2.26. The molecule has 0 spiro atoms. The molecule has 4 rings (SSSR count). The van der Waals surface area contributed by atoms with Crippen molar-refractivity contribution in [3.8, 4) is 0 Å². The van der Waals surface area contributed by atoms with Gasteiger partial charge < -0.3 is 10.6 Å². The highest BCUT2D eigenvalue weighted by Gasteiger charge is 2.35. The zero-order chi connectivity index (χ0) is 19.7. The maximum absolute atomic E-state index is 12.9. The Labute approximate surface area is 167 Å². The summed E-state index contributed by atoms with van der Waals surface area (Å²) in [6.07, 6.45) is 2.46. The Morgan fingerprint density at radius 1 is 1.04 bits per heavy atom. The highest BCUT2D eigenvalue weighted by atomic mass is 16.1. The minimum absolute atomic E-state index is 0.0307. The number of fused-ring (bicyclic) bond motifs is 1. The fourth-order valence-electron chi connectivity index (χ4n) is 4.15. The molecular formula is C25H28N2O. The summed E-state index contributed by atoms with van der Waals surface area (Å²) in [5.74, 6) is 1.48. The molecule has 2 unspecified atom stereocenters. The van der Waals surface area contributed by atoms with Crippen molar-refractivity contribution in [1.82, 2.24) is 5.32 Å². The molecule has 0 radical (unpaired) electrons.